The van der Waals surface area contributed by atoms with Crippen molar-refractivity contribution in [3.05, 3.63) is 20.3 Å². The van der Waals surface area contributed by atoms with Gasteiger partial charge < -0.3 is 10.3 Å². The Hall–Kier alpha value is -0.680. The Morgan fingerprint density at radius 3 is 2.81 bits per heavy atom. The lowest BCUT2D eigenvalue weighted by molar-refractivity contribution is 0.589. The van der Waals surface area contributed by atoms with Crippen LogP contribution in [0.2, 0.25) is 0 Å². The minimum atomic E-state index is -3.18. The van der Waals surface area contributed by atoms with E-state index in [1.807, 2.05) is 22.6 Å². The molecule has 1 aromatic heterocycles. The first kappa shape index (κ1) is 13.4. The fraction of sp³-hybridized carbons (Fsp3) is 0.429. The van der Waals surface area contributed by atoms with Crippen LogP contribution in [-0.4, -0.2) is 37.7 Å². The summed E-state index contributed by atoms with van der Waals surface area (Å²) in [6.07, 6.45) is 2.37. The molecule has 90 valence electrons. The van der Waals surface area contributed by atoms with E-state index in [0.717, 1.165) is 6.26 Å². The summed E-state index contributed by atoms with van der Waals surface area (Å²) in [4.78, 5) is 17.5. The van der Waals surface area contributed by atoms with Gasteiger partial charge in [0.1, 0.15) is 9.39 Å². The van der Waals surface area contributed by atoms with E-state index < -0.39 is 10.0 Å². The lowest BCUT2D eigenvalue weighted by Crippen LogP contribution is -2.28. The van der Waals surface area contributed by atoms with Crippen molar-refractivity contribution in [3.8, 4) is 0 Å². The van der Waals surface area contributed by atoms with Gasteiger partial charge in [0, 0.05) is 13.1 Å². The number of hydrogen-bond acceptors (Lipinski definition) is 5. The van der Waals surface area contributed by atoms with Crippen molar-refractivity contribution in [1.82, 2.24) is 14.7 Å². The van der Waals surface area contributed by atoms with Gasteiger partial charge in [-0.05, 0) is 22.6 Å². The molecule has 3 N–H and O–H groups in total. The zero-order valence-electron chi connectivity index (χ0n) is 8.45. The van der Waals surface area contributed by atoms with Crippen LogP contribution in [0.25, 0.3) is 0 Å². The highest BCUT2D eigenvalue weighted by molar-refractivity contribution is 14.1. The van der Waals surface area contributed by atoms with Crippen molar-refractivity contribution in [2.75, 3.05) is 24.7 Å². The van der Waals surface area contributed by atoms with Crippen molar-refractivity contribution in [2.24, 2.45) is 0 Å². The van der Waals surface area contributed by atoms with Gasteiger partial charge in [-0.3, -0.25) is 4.79 Å². The van der Waals surface area contributed by atoms with Gasteiger partial charge in [0.2, 0.25) is 10.0 Å². The molecular formula is C7H11IN4O3S. The molecule has 1 rings (SSSR count). The minimum absolute atomic E-state index is 0.228. The molecule has 0 atom stereocenters. The van der Waals surface area contributed by atoms with Crippen LogP contribution in [0.3, 0.4) is 0 Å². The van der Waals surface area contributed by atoms with Gasteiger partial charge in [0.15, 0.2) is 0 Å². The molecule has 9 heteroatoms. The smallest absolute Gasteiger partial charge is 0.266 e. The number of nitrogens with zero attached hydrogens (tertiary/aromatic N) is 1. The molecular weight excluding hydrogens is 347 g/mol. The lowest BCUT2D eigenvalue weighted by Gasteiger charge is -2.06. The van der Waals surface area contributed by atoms with Gasteiger partial charge in [-0.15, -0.1) is 0 Å². The third-order valence-corrected chi connectivity index (χ3v) is 3.31. The first-order valence-corrected chi connectivity index (χ1v) is 7.29. The molecule has 1 heterocycles. The molecule has 0 saturated carbocycles. The van der Waals surface area contributed by atoms with Crippen LogP contribution in [-0.2, 0) is 10.0 Å². The number of hydrogen-bond donors (Lipinski definition) is 3. The number of rotatable bonds is 5. The third kappa shape index (κ3) is 4.45. The Morgan fingerprint density at radius 1 is 1.50 bits per heavy atom. The van der Waals surface area contributed by atoms with Gasteiger partial charge in [-0.25, -0.2) is 18.1 Å². The monoisotopic (exact) mass is 358 g/mol. The van der Waals surface area contributed by atoms with E-state index in [9.17, 15) is 13.2 Å². The normalized spacial score (nSPS) is 11.4. The van der Waals surface area contributed by atoms with Crippen LogP contribution in [0, 0.1) is 3.57 Å². The van der Waals surface area contributed by atoms with Crippen molar-refractivity contribution in [1.29, 1.82) is 0 Å². The summed E-state index contributed by atoms with van der Waals surface area (Å²) in [6.45, 7) is 0.600. The van der Waals surface area contributed by atoms with Crippen LogP contribution >= 0.6 is 22.6 Å². The first-order chi connectivity index (χ1) is 7.40. The molecule has 0 aliphatic rings. The molecule has 0 aliphatic carbocycles. The van der Waals surface area contributed by atoms with Gasteiger partial charge in [0.25, 0.3) is 5.56 Å². The molecule has 7 nitrogen and oxygen atoms in total. The summed E-state index contributed by atoms with van der Waals surface area (Å²) in [7, 11) is -3.18. The fourth-order valence-corrected chi connectivity index (χ4v) is 1.88. The van der Waals surface area contributed by atoms with Crippen LogP contribution < -0.4 is 15.6 Å². The number of H-pyrrole nitrogens is 1. The number of halogens is 1. The fourth-order valence-electron chi connectivity index (χ4n) is 0.924. The Bertz CT molecular complexity index is 513. The molecule has 0 aromatic carbocycles. The maximum Gasteiger partial charge on any atom is 0.266 e. The molecule has 0 bridgehead atoms. The van der Waals surface area contributed by atoms with Crippen molar-refractivity contribution >= 4 is 38.4 Å². The summed E-state index contributed by atoms with van der Waals surface area (Å²) in [5.74, 6) is 0.444. The van der Waals surface area contributed by atoms with Crippen molar-refractivity contribution < 1.29 is 8.42 Å². The van der Waals surface area contributed by atoms with Gasteiger partial charge >= 0.3 is 0 Å². The number of sulfonamides is 1. The molecule has 0 amide bonds. The average molecular weight is 358 g/mol. The summed E-state index contributed by atoms with van der Waals surface area (Å²) < 4.78 is 24.3. The second kappa shape index (κ2) is 5.59. The maximum absolute atomic E-state index is 11.2. The zero-order chi connectivity index (χ0) is 12.2. The van der Waals surface area contributed by atoms with Crippen LogP contribution in [0.1, 0.15) is 0 Å². The van der Waals surface area contributed by atoms with Crippen molar-refractivity contribution in [2.45, 2.75) is 0 Å². The lowest BCUT2D eigenvalue weighted by atomic mass is 10.5. The van der Waals surface area contributed by atoms with E-state index in [1.165, 1.54) is 6.33 Å². The number of aromatic nitrogens is 2. The zero-order valence-corrected chi connectivity index (χ0v) is 11.4. The number of aromatic amines is 1. The van der Waals surface area contributed by atoms with Crippen molar-refractivity contribution in [3.63, 3.8) is 0 Å². The molecule has 0 aliphatic heterocycles. The number of anilines is 1. The second-order valence-corrected chi connectivity index (χ2v) is 5.90. The number of nitrogens with one attached hydrogen (secondary N) is 3. The highest BCUT2D eigenvalue weighted by Gasteiger charge is 2.04. The van der Waals surface area contributed by atoms with E-state index in [-0.39, 0.29) is 12.1 Å². The summed E-state index contributed by atoms with van der Waals surface area (Å²) in [5, 5.41) is 2.86. The van der Waals surface area contributed by atoms with E-state index in [2.05, 4.69) is 20.0 Å². The summed E-state index contributed by atoms with van der Waals surface area (Å²) in [5.41, 5.74) is -0.228. The topological polar surface area (TPSA) is 104 Å². The second-order valence-electron chi connectivity index (χ2n) is 2.99. The van der Waals surface area contributed by atoms with E-state index in [4.69, 9.17) is 0 Å². The summed E-state index contributed by atoms with van der Waals surface area (Å²) >= 11 is 1.87. The molecule has 0 spiro atoms. The largest absolute Gasteiger partial charge is 0.368 e. The molecule has 16 heavy (non-hydrogen) atoms. The quantitative estimate of drug-likeness (QED) is 0.479. The van der Waals surface area contributed by atoms with Crippen LogP contribution in [0.4, 0.5) is 5.82 Å². The van der Waals surface area contributed by atoms with Crippen LogP contribution in [0.5, 0.6) is 0 Å². The Labute approximate surface area is 106 Å². The van der Waals surface area contributed by atoms with E-state index in [1.54, 1.807) is 0 Å². The predicted octanol–water partition coefficient (Wildman–Crippen LogP) is -0.664. The Balaban J connectivity index is 2.50. The first-order valence-electron chi connectivity index (χ1n) is 4.32. The molecule has 1 aromatic rings. The van der Waals surface area contributed by atoms with E-state index >= 15 is 0 Å². The van der Waals surface area contributed by atoms with E-state index in [0.29, 0.717) is 15.9 Å². The third-order valence-electron chi connectivity index (χ3n) is 1.58. The SMILES string of the molecule is CS(=O)(=O)NCCNc1nc[nH]c(=O)c1I. The molecule has 0 fully saturated rings. The maximum atomic E-state index is 11.2. The van der Waals surface area contributed by atoms with Crippen LogP contribution in [0.15, 0.2) is 11.1 Å². The molecule has 0 saturated heterocycles. The molecule has 0 unspecified atom stereocenters. The van der Waals surface area contributed by atoms with Gasteiger partial charge in [-0.1, -0.05) is 0 Å². The standard InChI is InChI=1S/C7H11IN4O3S/c1-16(14,15)12-3-2-9-6-5(8)7(13)11-4-10-6/h4,12H,2-3H2,1H3,(H2,9,10,11,13). The highest BCUT2D eigenvalue weighted by Crippen LogP contribution is 2.07. The minimum Gasteiger partial charge on any atom is -0.368 e. The summed E-state index contributed by atoms with van der Waals surface area (Å²) in [6, 6.07) is 0. The molecule has 0 radical (unpaired) electrons. The Kier molecular flexibility index (Phi) is 4.68. The predicted molar refractivity (Wildman–Crippen MR) is 68.9 cm³/mol. The Morgan fingerprint density at radius 2 is 2.19 bits per heavy atom. The highest BCUT2D eigenvalue weighted by atomic mass is 127. The average Bonchev–Trinajstić information content (AvgIpc) is 2.17. The van der Waals surface area contributed by atoms with Gasteiger partial charge in [0.05, 0.1) is 12.6 Å². The van der Waals surface area contributed by atoms with Gasteiger partial charge in [-0.2, -0.15) is 0 Å².